The second-order valence-corrected chi connectivity index (χ2v) is 7.15. The number of carbonyl (C=O) groups is 1. The van der Waals surface area contributed by atoms with Gasteiger partial charge in [0.05, 0.1) is 10.6 Å². The lowest BCUT2D eigenvalue weighted by atomic mass is 9.96. The van der Waals surface area contributed by atoms with Crippen LogP contribution in [0.2, 0.25) is 0 Å². The molecule has 0 fully saturated rings. The number of hydrogen-bond acceptors (Lipinski definition) is 6. The van der Waals surface area contributed by atoms with E-state index in [4.69, 9.17) is 4.42 Å². The Morgan fingerprint density at radius 1 is 1.29 bits per heavy atom. The second kappa shape index (κ2) is 5.86. The molecule has 0 spiro atoms. The van der Waals surface area contributed by atoms with E-state index in [0.717, 1.165) is 52.4 Å². The number of rotatable bonds is 3. The summed E-state index contributed by atoms with van der Waals surface area (Å²) in [5.41, 5.74) is 3.41. The van der Waals surface area contributed by atoms with Crippen molar-refractivity contribution >= 4 is 22.9 Å². The van der Waals surface area contributed by atoms with Gasteiger partial charge in [0.15, 0.2) is 5.69 Å². The Kier molecular flexibility index (Phi) is 3.68. The molecule has 0 bridgehead atoms. The van der Waals surface area contributed by atoms with Gasteiger partial charge in [-0.2, -0.15) is 5.10 Å². The van der Waals surface area contributed by atoms with Crippen LogP contribution in [-0.2, 0) is 12.8 Å². The Labute approximate surface area is 142 Å². The summed E-state index contributed by atoms with van der Waals surface area (Å²) in [5.74, 6) is 0.812. The SMILES string of the molecule is Cc1nnc(-c2cc(NC(=O)c3n[nH]c4c3CCCC4)c(C)s2)o1. The van der Waals surface area contributed by atoms with Crippen LogP contribution in [0.25, 0.3) is 10.8 Å². The van der Waals surface area contributed by atoms with Crippen LogP contribution in [-0.4, -0.2) is 26.3 Å². The average molecular weight is 343 g/mol. The van der Waals surface area contributed by atoms with Gasteiger partial charge in [0, 0.05) is 23.1 Å². The van der Waals surface area contributed by atoms with Crippen LogP contribution in [0.1, 0.15) is 45.4 Å². The molecule has 0 atom stereocenters. The average Bonchev–Trinajstić information content (AvgIpc) is 3.26. The number of aromatic amines is 1. The van der Waals surface area contributed by atoms with Crippen molar-refractivity contribution in [3.63, 3.8) is 0 Å². The first kappa shape index (κ1) is 15.1. The Bertz CT molecular complexity index is 908. The highest BCUT2D eigenvalue weighted by Gasteiger charge is 2.23. The molecule has 24 heavy (non-hydrogen) atoms. The third-order valence-corrected chi connectivity index (χ3v) is 5.21. The van der Waals surface area contributed by atoms with Crippen molar-refractivity contribution in [2.45, 2.75) is 39.5 Å². The molecular weight excluding hydrogens is 326 g/mol. The molecule has 0 aliphatic heterocycles. The van der Waals surface area contributed by atoms with Crippen molar-refractivity contribution in [2.24, 2.45) is 0 Å². The van der Waals surface area contributed by atoms with Gasteiger partial charge in [-0.15, -0.1) is 21.5 Å². The zero-order valence-electron chi connectivity index (χ0n) is 13.5. The highest BCUT2D eigenvalue weighted by Crippen LogP contribution is 2.34. The quantitative estimate of drug-likeness (QED) is 0.761. The highest BCUT2D eigenvalue weighted by molar-refractivity contribution is 7.15. The van der Waals surface area contributed by atoms with Crippen molar-refractivity contribution < 1.29 is 9.21 Å². The molecule has 0 unspecified atom stereocenters. The molecule has 1 aliphatic carbocycles. The minimum atomic E-state index is -0.177. The maximum atomic E-state index is 12.6. The number of aromatic nitrogens is 4. The summed E-state index contributed by atoms with van der Waals surface area (Å²) in [7, 11) is 0. The summed E-state index contributed by atoms with van der Waals surface area (Å²) < 4.78 is 5.45. The van der Waals surface area contributed by atoms with Crippen LogP contribution in [0.15, 0.2) is 10.5 Å². The molecule has 0 radical (unpaired) electrons. The van der Waals surface area contributed by atoms with E-state index in [1.165, 1.54) is 11.3 Å². The molecule has 7 nitrogen and oxygen atoms in total. The summed E-state index contributed by atoms with van der Waals surface area (Å²) in [6.45, 7) is 3.70. The summed E-state index contributed by atoms with van der Waals surface area (Å²) in [6.07, 6.45) is 4.12. The predicted octanol–water partition coefficient (Wildman–Crippen LogP) is 3.27. The minimum absolute atomic E-state index is 0.177. The lowest BCUT2D eigenvalue weighted by Gasteiger charge is -2.11. The Morgan fingerprint density at radius 3 is 2.92 bits per heavy atom. The first-order valence-corrected chi connectivity index (χ1v) is 8.72. The fourth-order valence-corrected chi connectivity index (χ4v) is 3.85. The van der Waals surface area contributed by atoms with E-state index in [-0.39, 0.29) is 5.91 Å². The maximum absolute atomic E-state index is 12.6. The molecule has 2 N–H and O–H groups in total. The number of hydrogen-bond donors (Lipinski definition) is 2. The van der Waals surface area contributed by atoms with E-state index in [1.807, 2.05) is 13.0 Å². The lowest BCUT2D eigenvalue weighted by molar-refractivity contribution is 0.102. The van der Waals surface area contributed by atoms with Gasteiger partial charge in [-0.1, -0.05) is 0 Å². The molecule has 1 amide bonds. The largest absolute Gasteiger partial charge is 0.420 e. The number of carbonyl (C=O) groups excluding carboxylic acids is 1. The van der Waals surface area contributed by atoms with Gasteiger partial charge in [0.2, 0.25) is 5.89 Å². The van der Waals surface area contributed by atoms with Gasteiger partial charge >= 0.3 is 0 Å². The number of nitrogens with one attached hydrogen (secondary N) is 2. The number of fused-ring (bicyclic) bond motifs is 1. The molecule has 1 aliphatic rings. The summed E-state index contributed by atoms with van der Waals surface area (Å²) in [6, 6.07) is 1.87. The fraction of sp³-hybridized carbons (Fsp3) is 0.375. The number of thiophene rings is 1. The monoisotopic (exact) mass is 343 g/mol. The smallest absolute Gasteiger partial charge is 0.276 e. The number of nitrogens with zero attached hydrogens (tertiary/aromatic N) is 3. The van der Waals surface area contributed by atoms with Gasteiger partial charge in [0.1, 0.15) is 0 Å². The molecule has 8 heteroatoms. The molecule has 4 rings (SSSR count). The zero-order chi connectivity index (χ0) is 16.7. The number of anilines is 1. The van der Waals surface area contributed by atoms with E-state index in [0.29, 0.717) is 17.5 Å². The van der Waals surface area contributed by atoms with Crippen LogP contribution >= 0.6 is 11.3 Å². The summed E-state index contributed by atoms with van der Waals surface area (Å²) >= 11 is 1.51. The van der Waals surface area contributed by atoms with Gasteiger partial charge < -0.3 is 9.73 Å². The van der Waals surface area contributed by atoms with Crippen molar-refractivity contribution in [3.05, 3.63) is 33.8 Å². The van der Waals surface area contributed by atoms with Crippen LogP contribution < -0.4 is 5.32 Å². The first-order valence-electron chi connectivity index (χ1n) is 7.90. The summed E-state index contributed by atoms with van der Waals surface area (Å²) in [4.78, 5) is 14.4. The third-order valence-electron chi connectivity index (χ3n) is 4.17. The lowest BCUT2D eigenvalue weighted by Crippen LogP contribution is -2.15. The topological polar surface area (TPSA) is 96.7 Å². The van der Waals surface area contributed by atoms with Crippen molar-refractivity contribution in [1.82, 2.24) is 20.4 Å². The first-order chi connectivity index (χ1) is 11.6. The van der Waals surface area contributed by atoms with Crippen molar-refractivity contribution in [2.75, 3.05) is 5.32 Å². The van der Waals surface area contributed by atoms with Crippen LogP contribution in [0.3, 0.4) is 0 Å². The number of aryl methyl sites for hydroxylation is 3. The second-order valence-electron chi connectivity index (χ2n) is 5.90. The molecule has 0 saturated carbocycles. The molecule has 124 valence electrons. The van der Waals surface area contributed by atoms with E-state index >= 15 is 0 Å². The van der Waals surface area contributed by atoms with Crippen LogP contribution in [0.5, 0.6) is 0 Å². The summed E-state index contributed by atoms with van der Waals surface area (Å²) in [5, 5.41) is 18.0. The van der Waals surface area contributed by atoms with Crippen LogP contribution in [0, 0.1) is 13.8 Å². The van der Waals surface area contributed by atoms with Gasteiger partial charge in [-0.25, -0.2) is 0 Å². The standard InChI is InChI=1S/C16H17N5O2S/c1-8-12(7-13(24-8)16-21-18-9(2)23-16)17-15(22)14-10-5-3-4-6-11(10)19-20-14/h7H,3-6H2,1-2H3,(H,17,22)(H,19,20). The molecular formula is C16H17N5O2S. The van der Waals surface area contributed by atoms with Crippen molar-refractivity contribution in [1.29, 1.82) is 0 Å². The van der Waals surface area contributed by atoms with Crippen molar-refractivity contribution in [3.8, 4) is 10.8 Å². The molecule has 3 heterocycles. The van der Waals surface area contributed by atoms with Gasteiger partial charge in [0.25, 0.3) is 11.8 Å². The molecule has 3 aromatic heterocycles. The Balaban J connectivity index is 1.58. The fourth-order valence-electron chi connectivity index (χ4n) is 2.96. The van der Waals surface area contributed by atoms with Gasteiger partial charge in [-0.05, 0) is 38.7 Å². The van der Waals surface area contributed by atoms with Gasteiger partial charge in [-0.3, -0.25) is 9.89 Å². The Morgan fingerprint density at radius 2 is 2.12 bits per heavy atom. The zero-order valence-corrected chi connectivity index (χ0v) is 14.3. The molecule has 0 saturated heterocycles. The normalized spacial score (nSPS) is 13.8. The Hall–Kier alpha value is -2.48. The minimum Gasteiger partial charge on any atom is -0.420 e. The molecule has 3 aromatic rings. The maximum Gasteiger partial charge on any atom is 0.276 e. The predicted molar refractivity (Wildman–Crippen MR) is 90.3 cm³/mol. The van der Waals surface area contributed by atoms with E-state index in [9.17, 15) is 4.79 Å². The van der Waals surface area contributed by atoms with E-state index < -0.39 is 0 Å². The number of amides is 1. The third kappa shape index (κ3) is 2.62. The molecule has 0 aromatic carbocycles. The van der Waals surface area contributed by atoms with Crippen LogP contribution in [0.4, 0.5) is 5.69 Å². The van der Waals surface area contributed by atoms with E-state index in [1.54, 1.807) is 6.92 Å². The highest BCUT2D eigenvalue weighted by atomic mass is 32.1. The number of H-pyrrole nitrogens is 1. The van der Waals surface area contributed by atoms with E-state index in [2.05, 4.69) is 25.7 Å².